The summed E-state index contributed by atoms with van der Waals surface area (Å²) in [5.74, 6) is 1.29. The molecule has 2 aliphatic rings. The van der Waals surface area contributed by atoms with Crippen molar-refractivity contribution in [2.45, 2.75) is 30.6 Å². The van der Waals surface area contributed by atoms with Crippen molar-refractivity contribution in [1.82, 2.24) is 9.88 Å². The Morgan fingerprint density at radius 2 is 2.44 bits per heavy atom. The van der Waals surface area contributed by atoms with Gasteiger partial charge in [0.2, 0.25) is 0 Å². The molecule has 3 rings (SSSR count). The summed E-state index contributed by atoms with van der Waals surface area (Å²) in [7, 11) is 2.27. The molecule has 86 valence electrons. The molecule has 0 aromatic carbocycles. The van der Waals surface area contributed by atoms with E-state index in [-0.39, 0.29) is 0 Å². The third kappa shape index (κ3) is 1.41. The van der Waals surface area contributed by atoms with Crippen molar-refractivity contribution in [3.63, 3.8) is 0 Å². The van der Waals surface area contributed by atoms with E-state index >= 15 is 0 Å². The molecule has 3 heterocycles. The van der Waals surface area contributed by atoms with Crippen molar-refractivity contribution in [3.8, 4) is 0 Å². The summed E-state index contributed by atoms with van der Waals surface area (Å²) in [6, 6.07) is 5.23. The van der Waals surface area contributed by atoms with Crippen molar-refractivity contribution in [2.24, 2.45) is 0 Å². The molecule has 2 saturated heterocycles. The molecular weight excluding hydrogens is 216 g/mol. The SMILES string of the molecule is Cc1cc([C@]23CCCN(C)C2CS3)ccn1. The van der Waals surface area contributed by atoms with Gasteiger partial charge in [-0.25, -0.2) is 0 Å². The van der Waals surface area contributed by atoms with E-state index < -0.39 is 0 Å². The number of thioether (sulfide) groups is 1. The molecule has 2 nitrogen and oxygen atoms in total. The highest BCUT2D eigenvalue weighted by atomic mass is 32.2. The van der Waals surface area contributed by atoms with Gasteiger partial charge in [-0.05, 0) is 51.1 Å². The summed E-state index contributed by atoms with van der Waals surface area (Å²) < 4.78 is 0.376. The van der Waals surface area contributed by atoms with Crippen LogP contribution in [0.3, 0.4) is 0 Å². The Kier molecular flexibility index (Phi) is 2.48. The number of hydrogen-bond donors (Lipinski definition) is 0. The molecule has 16 heavy (non-hydrogen) atoms. The molecule has 3 heteroatoms. The Balaban J connectivity index is 1.98. The molecule has 2 atom stereocenters. The zero-order chi connectivity index (χ0) is 11.2. The van der Waals surface area contributed by atoms with Crippen molar-refractivity contribution in [1.29, 1.82) is 0 Å². The fraction of sp³-hybridized carbons (Fsp3) is 0.615. The number of aryl methyl sites for hydroxylation is 1. The fourth-order valence-electron chi connectivity index (χ4n) is 3.06. The van der Waals surface area contributed by atoms with Crippen LogP contribution in [-0.2, 0) is 4.75 Å². The first kappa shape index (κ1) is 10.6. The van der Waals surface area contributed by atoms with Crippen LogP contribution in [0.1, 0.15) is 24.1 Å². The normalized spacial score (nSPS) is 34.2. The molecular formula is C13H18N2S. The van der Waals surface area contributed by atoms with Gasteiger partial charge in [0.25, 0.3) is 0 Å². The van der Waals surface area contributed by atoms with E-state index in [9.17, 15) is 0 Å². The number of aromatic nitrogens is 1. The second-order valence-corrected chi connectivity index (χ2v) is 6.34. The standard InChI is InChI=1S/C13H18N2S/c1-10-8-11(4-6-14-10)13-5-3-7-15(2)12(13)9-16-13/h4,6,8,12H,3,5,7,9H2,1-2H3/t12?,13-/m1/s1. The third-order valence-corrected chi connectivity index (χ3v) is 5.72. The Labute approximate surface area is 101 Å². The number of piperidine rings is 1. The van der Waals surface area contributed by atoms with Gasteiger partial charge in [-0.1, -0.05) is 0 Å². The Morgan fingerprint density at radius 1 is 1.56 bits per heavy atom. The van der Waals surface area contributed by atoms with Gasteiger partial charge >= 0.3 is 0 Å². The third-order valence-electron chi connectivity index (χ3n) is 4.01. The van der Waals surface area contributed by atoms with Crippen molar-refractivity contribution in [3.05, 3.63) is 29.6 Å². The number of pyridine rings is 1. The first-order chi connectivity index (χ1) is 7.72. The van der Waals surface area contributed by atoms with E-state index in [2.05, 4.69) is 47.7 Å². The van der Waals surface area contributed by atoms with E-state index in [1.165, 1.54) is 30.7 Å². The van der Waals surface area contributed by atoms with Crippen LogP contribution in [0.25, 0.3) is 0 Å². The molecule has 0 saturated carbocycles. The molecule has 1 unspecified atom stereocenters. The monoisotopic (exact) mass is 234 g/mol. The Morgan fingerprint density at radius 3 is 3.12 bits per heavy atom. The lowest BCUT2D eigenvalue weighted by atomic mass is 9.82. The van der Waals surface area contributed by atoms with Gasteiger partial charge in [0.05, 0.1) is 4.75 Å². The smallest absolute Gasteiger partial charge is 0.0573 e. The van der Waals surface area contributed by atoms with Crippen molar-refractivity contribution >= 4 is 11.8 Å². The van der Waals surface area contributed by atoms with E-state index in [0.29, 0.717) is 4.75 Å². The molecule has 0 radical (unpaired) electrons. The number of nitrogens with zero attached hydrogens (tertiary/aromatic N) is 2. The van der Waals surface area contributed by atoms with Crippen molar-refractivity contribution < 1.29 is 0 Å². The largest absolute Gasteiger partial charge is 0.301 e. The first-order valence-corrected chi connectivity index (χ1v) is 6.98. The highest BCUT2D eigenvalue weighted by Gasteiger charge is 2.52. The molecule has 0 spiro atoms. The van der Waals surface area contributed by atoms with E-state index in [1.807, 2.05) is 6.20 Å². The van der Waals surface area contributed by atoms with Crippen LogP contribution in [-0.4, -0.2) is 35.3 Å². The summed E-state index contributed by atoms with van der Waals surface area (Å²) >= 11 is 2.13. The minimum Gasteiger partial charge on any atom is -0.301 e. The van der Waals surface area contributed by atoms with Crippen LogP contribution in [0.15, 0.2) is 18.3 Å². The molecule has 0 aliphatic carbocycles. The van der Waals surface area contributed by atoms with Gasteiger partial charge in [-0.15, -0.1) is 11.8 Å². The maximum absolute atomic E-state index is 4.31. The van der Waals surface area contributed by atoms with Crippen LogP contribution in [0.4, 0.5) is 0 Å². The summed E-state index contributed by atoms with van der Waals surface area (Å²) in [6.45, 7) is 3.35. The number of likely N-dealkylation sites (N-methyl/N-ethyl adjacent to an activating group) is 1. The van der Waals surface area contributed by atoms with Crippen LogP contribution >= 0.6 is 11.8 Å². The van der Waals surface area contributed by atoms with Gasteiger partial charge in [0.15, 0.2) is 0 Å². The summed E-state index contributed by atoms with van der Waals surface area (Å²) in [6.07, 6.45) is 4.61. The first-order valence-electron chi connectivity index (χ1n) is 6.00. The zero-order valence-corrected chi connectivity index (χ0v) is 10.8. The summed E-state index contributed by atoms with van der Waals surface area (Å²) in [5, 5.41) is 0. The molecule has 2 fully saturated rings. The minimum absolute atomic E-state index is 0.376. The number of likely N-dealkylation sites (tertiary alicyclic amines) is 1. The predicted octanol–water partition coefficient (Wildman–Crippen LogP) is 2.43. The lowest BCUT2D eigenvalue weighted by Crippen LogP contribution is -2.59. The highest BCUT2D eigenvalue weighted by molar-refractivity contribution is 8.01. The van der Waals surface area contributed by atoms with Crippen LogP contribution in [0.5, 0.6) is 0 Å². The fourth-order valence-corrected chi connectivity index (χ4v) is 4.79. The van der Waals surface area contributed by atoms with Crippen molar-refractivity contribution in [2.75, 3.05) is 19.3 Å². The number of fused-ring (bicyclic) bond motifs is 1. The molecule has 0 amide bonds. The maximum Gasteiger partial charge on any atom is 0.0573 e. The lowest BCUT2D eigenvalue weighted by Gasteiger charge is -2.56. The van der Waals surface area contributed by atoms with Crippen LogP contribution in [0.2, 0.25) is 0 Å². The average molecular weight is 234 g/mol. The zero-order valence-electron chi connectivity index (χ0n) is 9.94. The topological polar surface area (TPSA) is 16.1 Å². The molecule has 2 aliphatic heterocycles. The van der Waals surface area contributed by atoms with Gasteiger partial charge in [-0.3, -0.25) is 4.98 Å². The van der Waals surface area contributed by atoms with E-state index in [1.54, 1.807) is 0 Å². The van der Waals surface area contributed by atoms with Gasteiger partial charge in [-0.2, -0.15) is 0 Å². The second-order valence-electron chi connectivity index (χ2n) is 4.99. The van der Waals surface area contributed by atoms with Gasteiger partial charge in [0.1, 0.15) is 0 Å². The van der Waals surface area contributed by atoms with E-state index in [4.69, 9.17) is 0 Å². The molecule has 1 aromatic heterocycles. The quantitative estimate of drug-likeness (QED) is 0.742. The van der Waals surface area contributed by atoms with Gasteiger partial charge < -0.3 is 4.90 Å². The highest BCUT2D eigenvalue weighted by Crippen LogP contribution is 2.56. The molecule has 1 aromatic rings. The minimum atomic E-state index is 0.376. The average Bonchev–Trinajstić information content (AvgIpc) is 2.21. The maximum atomic E-state index is 4.31. The lowest BCUT2D eigenvalue weighted by molar-refractivity contribution is 0.142. The van der Waals surface area contributed by atoms with Crippen LogP contribution in [0, 0.1) is 6.92 Å². The molecule has 0 N–H and O–H groups in total. The second kappa shape index (κ2) is 3.74. The van der Waals surface area contributed by atoms with E-state index in [0.717, 1.165) is 11.7 Å². The van der Waals surface area contributed by atoms with Crippen LogP contribution < -0.4 is 0 Å². The number of rotatable bonds is 1. The van der Waals surface area contributed by atoms with Gasteiger partial charge in [0, 0.05) is 23.7 Å². The molecule has 0 bridgehead atoms. The number of hydrogen-bond acceptors (Lipinski definition) is 3. The Hall–Kier alpha value is -0.540. The predicted molar refractivity (Wildman–Crippen MR) is 68.8 cm³/mol. The Bertz CT molecular complexity index is 407. The summed E-state index contributed by atoms with van der Waals surface area (Å²) in [5.41, 5.74) is 2.64. The summed E-state index contributed by atoms with van der Waals surface area (Å²) in [4.78, 5) is 6.85.